The van der Waals surface area contributed by atoms with E-state index < -0.39 is 5.97 Å². The van der Waals surface area contributed by atoms with Gasteiger partial charge in [0.1, 0.15) is 5.82 Å². The first kappa shape index (κ1) is 11.5. The van der Waals surface area contributed by atoms with Gasteiger partial charge in [0.25, 0.3) is 0 Å². The van der Waals surface area contributed by atoms with Gasteiger partial charge in [0.05, 0.1) is 18.7 Å². The Balaban J connectivity index is 2.88. The summed E-state index contributed by atoms with van der Waals surface area (Å²) in [6.07, 6.45) is 2.53. The molecule has 0 radical (unpaired) electrons. The topological polar surface area (TPSA) is 86.2 Å². The lowest BCUT2D eigenvalue weighted by atomic mass is 10.2. The maximum atomic E-state index is 10.6. The Hall–Kier alpha value is -1.62. The summed E-state index contributed by atoms with van der Waals surface area (Å²) in [4.78, 5) is 17.7. The van der Waals surface area contributed by atoms with E-state index in [1.807, 2.05) is 0 Å². The van der Waals surface area contributed by atoms with Gasteiger partial charge in [0, 0.05) is 18.5 Å². The van der Waals surface area contributed by atoms with Crippen LogP contribution in [0.3, 0.4) is 0 Å². The van der Waals surface area contributed by atoms with E-state index in [9.17, 15) is 4.79 Å². The zero-order valence-corrected chi connectivity index (χ0v) is 8.36. The lowest BCUT2D eigenvalue weighted by Gasteiger charge is -1.94. The molecule has 0 aliphatic rings. The van der Waals surface area contributed by atoms with Crippen LogP contribution in [0.15, 0.2) is 12.7 Å². The molecule has 82 valence electrons. The molecule has 1 aromatic rings. The minimum absolute atomic E-state index is 0.00639. The van der Waals surface area contributed by atoms with Crippen LogP contribution in [0.2, 0.25) is 0 Å². The van der Waals surface area contributed by atoms with Crippen molar-refractivity contribution in [3.63, 3.8) is 0 Å². The van der Waals surface area contributed by atoms with E-state index in [0.717, 1.165) is 0 Å². The van der Waals surface area contributed by atoms with E-state index in [1.165, 1.54) is 0 Å². The highest BCUT2D eigenvalue weighted by Gasteiger charge is 2.11. The highest BCUT2D eigenvalue weighted by Crippen LogP contribution is 2.09. The van der Waals surface area contributed by atoms with Crippen LogP contribution in [-0.4, -0.2) is 32.8 Å². The minimum atomic E-state index is -0.903. The number of aromatic amines is 1. The third kappa shape index (κ3) is 3.21. The van der Waals surface area contributed by atoms with Crippen LogP contribution in [0.5, 0.6) is 0 Å². The number of carboxylic acids is 1. The average molecular weight is 210 g/mol. The highest BCUT2D eigenvalue weighted by atomic mass is 16.4. The Morgan fingerprint density at radius 3 is 2.87 bits per heavy atom. The van der Waals surface area contributed by atoms with E-state index in [-0.39, 0.29) is 13.0 Å². The highest BCUT2D eigenvalue weighted by molar-refractivity contribution is 5.69. The van der Waals surface area contributed by atoms with Crippen molar-refractivity contribution in [2.75, 3.05) is 6.61 Å². The molecular formula is C10H14N2O3. The average Bonchev–Trinajstić information content (AvgIpc) is 2.48. The number of imidazole rings is 1. The summed E-state index contributed by atoms with van der Waals surface area (Å²) in [7, 11) is 0. The van der Waals surface area contributed by atoms with Crippen LogP contribution in [0.1, 0.15) is 17.2 Å². The number of hydrogen-bond donors (Lipinski definition) is 3. The molecule has 0 saturated heterocycles. The van der Waals surface area contributed by atoms with Crippen LogP contribution in [-0.2, 0) is 24.1 Å². The molecule has 0 aromatic carbocycles. The van der Waals surface area contributed by atoms with Gasteiger partial charge < -0.3 is 15.2 Å². The number of nitrogens with zero attached hydrogens (tertiary/aromatic N) is 1. The number of aliphatic carboxylic acids is 1. The van der Waals surface area contributed by atoms with Crippen molar-refractivity contribution >= 4 is 5.97 Å². The number of hydrogen-bond acceptors (Lipinski definition) is 3. The van der Waals surface area contributed by atoms with E-state index in [1.54, 1.807) is 6.08 Å². The van der Waals surface area contributed by atoms with Crippen molar-refractivity contribution in [3.8, 4) is 0 Å². The van der Waals surface area contributed by atoms with E-state index in [2.05, 4.69) is 16.5 Å². The fourth-order valence-electron chi connectivity index (χ4n) is 1.33. The monoisotopic (exact) mass is 210 g/mol. The third-order valence-corrected chi connectivity index (χ3v) is 1.93. The lowest BCUT2D eigenvalue weighted by Crippen LogP contribution is -2.03. The number of aliphatic hydroxyl groups excluding tert-OH is 1. The maximum absolute atomic E-state index is 10.6. The second kappa shape index (κ2) is 5.31. The van der Waals surface area contributed by atoms with E-state index >= 15 is 0 Å². The van der Waals surface area contributed by atoms with Gasteiger partial charge in [-0.15, -0.1) is 6.58 Å². The predicted octanol–water partition coefficient (Wildman–Crippen LogP) is 0.300. The molecular weight excluding hydrogens is 196 g/mol. The van der Waals surface area contributed by atoms with E-state index in [4.69, 9.17) is 10.2 Å². The minimum Gasteiger partial charge on any atom is -0.481 e. The first-order valence-electron chi connectivity index (χ1n) is 4.67. The molecule has 0 atom stereocenters. The number of H-pyrrole nitrogens is 1. The van der Waals surface area contributed by atoms with Gasteiger partial charge >= 0.3 is 5.97 Å². The zero-order chi connectivity index (χ0) is 11.3. The molecule has 0 aliphatic heterocycles. The Morgan fingerprint density at radius 2 is 2.33 bits per heavy atom. The smallest absolute Gasteiger partial charge is 0.309 e. The Kier molecular flexibility index (Phi) is 4.05. The summed E-state index contributed by atoms with van der Waals surface area (Å²) in [5, 5.41) is 17.4. The van der Waals surface area contributed by atoms with Gasteiger partial charge in [-0.25, -0.2) is 4.98 Å². The Labute approximate surface area is 87.5 Å². The molecule has 1 heterocycles. The molecule has 3 N–H and O–H groups in total. The Morgan fingerprint density at radius 1 is 1.60 bits per heavy atom. The number of rotatable bonds is 6. The molecule has 0 bridgehead atoms. The van der Waals surface area contributed by atoms with Crippen LogP contribution in [0.4, 0.5) is 0 Å². The first-order valence-corrected chi connectivity index (χ1v) is 4.67. The normalized spacial score (nSPS) is 10.2. The standard InChI is InChI=1S/C10H14N2O3/c1-2-3-7-8(6-10(14)15)12-9(11-7)4-5-13/h2,13H,1,3-6H2,(H,11,12)(H,14,15). The first-order chi connectivity index (χ1) is 7.17. The number of carboxylic acid groups (broad SMARTS) is 1. The second-order valence-electron chi connectivity index (χ2n) is 3.15. The van der Waals surface area contributed by atoms with Gasteiger partial charge in [-0.3, -0.25) is 4.79 Å². The maximum Gasteiger partial charge on any atom is 0.309 e. The summed E-state index contributed by atoms with van der Waals surface area (Å²) < 4.78 is 0. The molecule has 5 heteroatoms. The molecule has 0 spiro atoms. The van der Waals surface area contributed by atoms with Crippen molar-refractivity contribution in [2.45, 2.75) is 19.3 Å². The van der Waals surface area contributed by atoms with Crippen molar-refractivity contribution < 1.29 is 15.0 Å². The molecule has 1 aromatic heterocycles. The molecule has 0 unspecified atom stereocenters. The number of allylic oxidation sites excluding steroid dienone is 1. The van der Waals surface area contributed by atoms with Gasteiger partial charge in [0.2, 0.25) is 0 Å². The van der Waals surface area contributed by atoms with Crippen LogP contribution < -0.4 is 0 Å². The molecule has 15 heavy (non-hydrogen) atoms. The van der Waals surface area contributed by atoms with Crippen LogP contribution in [0.25, 0.3) is 0 Å². The van der Waals surface area contributed by atoms with Gasteiger partial charge in [-0.2, -0.15) is 0 Å². The van der Waals surface area contributed by atoms with Gasteiger partial charge in [-0.05, 0) is 0 Å². The number of aliphatic hydroxyl groups is 1. The summed E-state index contributed by atoms with van der Waals surface area (Å²) in [6, 6.07) is 0. The van der Waals surface area contributed by atoms with Gasteiger partial charge in [0.15, 0.2) is 0 Å². The van der Waals surface area contributed by atoms with Gasteiger partial charge in [-0.1, -0.05) is 6.08 Å². The van der Waals surface area contributed by atoms with Crippen molar-refractivity contribution in [1.82, 2.24) is 9.97 Å². The molecule has 1 rings (SSSR count). The number of carbonyl (C=O) groups is 1. The number of nitrogens with one attached hydrogen (secondary N) is 1. The van der Waals surface area contributed by atoms with Crippen molar-refractivity contribution in [1.29, 1.82) is 0 Å². The second-order valence-corrected chi connectivity index (χ2v) is 3.15. The molecule has 0 fully saturated rings. The quantitative estimate of drug-likeness (QED) is 0.589. The number of aromatic nitrogens is 2. The fourth-order valence-corrected chi connectivity index (χ4v) is 1.33. The summed E-state index contributed by atoms with van der Waals surface area (Å²) >= 11 is 0. The predicted molar refractivity (Wildman–Crippen MR) is 54.6 cm³/mol. The molecule has 5 nitrogen and oxygen atoms in total. The SMILES string of the molecule is C=CCc1nc(CCO)[nH]c1CC(=O)O. The van der Waals surface area contributed by atoms with Crippen LogP contribution >= 0.6 is 0 Å². The molecule has 0 amide bonds. The largest absolute Gasteiger partial charge is 0.481 e. The Bertz CT molecular complexity index is 358. The summed E-state index contributed by atoms with van der Waals surface area (Å²) in [6.45, 7) is 3.57. The van der Waals surface area contributed by atoms with Crippen molar-refractivity contribution in [3.05, 3.63) is 29.9 Å². The lowest BCUT2D eigenvalue weighted by molar-refractivity contribution is -0.136. The third-order valence-electron chi connectivity index (χ3n) is 1.93. The van der Waals surface area contributed by atoms with Crippen molar-refractivity contribution in [2.24, 2.45) is 0 Å². The summed E-state index contributed by atoms with van der Waals surface area (Å²) in [5.41, 5.74) is 1.28. The molecule has 0 saturated carbocycles. The van der Waals surface area contributed by atoms with E-state index in [0.29, 0.717) is 30.1 Å². The zero-order valence-electron chi connectivity index (χ0n) is 8.36. The van der Waals surface area contributed by atoms with Crippen LogP contribution in [0, 0.1) is 0 Å². The summed E-state index contributed by atoms with van der Waals surface area (Å²) in [5.74, 6) is -0.287. The molecule has 0 aliphatic carbocycles. The fraction of sp³-hybridized carbons (Fsp3) is 0.400.